The first kappa shape index (κ1) is 19.8. The SMILES string of the molecule is Cc1ccc(C(=O)COC(=O)C2CCCCC2C(=O)N2CCc3ccccc32)s1. The van der Waals surface area contributed by atoms with Gasteiger partial charge in [0, 0.05) is 17.1 Å². The summed E-state index contributed by atoms with van der Waals surface area (Å²) < 4.78 is 5.37. The molecule has 1 aromatic carbocycles. The number of hydrogen-bond acceptors (Lipinski definition) is 5. The first-order valence-corrected chi connectivity index (χ1v) is 11.0. The predicted octanol–water partition coefficient (Wildman–Crippen LogP) is 4.18. The Labute approximate surface area is 174 Å². The Morgan fingerprint density at radius 3 is 2.59 bits per heavy atom. The number of esters is 1. The molecule has 0 radical (unpaired) electrons. The topological polar surface area (TPSA) is 63.7 Å². The van der Waals surface area contributed by atoms with Gasteiger partial charge in [-0.25, -0.2) is 0 Å². The van der Waals surface area contributed by atoms with Gasteiger partial charge in [-0.1, -0.05) is 31.0 Å². The number of rotatable bonds is 5. The summed E-state index contributed by atoms with van der Waals surface area (Å²) in [4.78, 5) is 41.8. The van der Waals surface area contributed by atoms with Gasteiger partial charge < -0.3 is 9.64 Å². The van der Waals surface area contributed by atoms with Crippen molar-refractivity contribution in [2.45, 2.75) is 39.0 Å². The Bertz CT molecular complexity index is 934. The van der Waals surface area contributed by atoms with Gasteiger partial charge in [-0.15, -0.1) is 11.3 Å². The largest absolute Gasteiger partial charge is 0.457 e. The van der Waals surface area contributed by atoms with Crippen LogP contribution in [0.25, 0.3) is 0 Å². The highest BCUT2D eigenvalue weighted by Gasteiger charge is 2.40. The number of anilines is 1. The Morgan fingerprint density at radius 2 is 1.83 bits per heavy atom. The Hall–Kier alpha value is -2.47. The van der Waals surface area contributed by atoms with Crippen LogP contribution in [-0.2, 0) is 20.7 Å². The van der Waals surface area contributed by atoms with Crippen molar-refractivity contribution in [3.63, 3.8) is 0 Å². The molecular weight excluding hydrogens is 386 g/mol. The monoisotopic (exact) mass is 411 g/mol. The third-order valence-electron chi connectivity index (χ3n) is 5.90. The zero-order valence-corrected chi connectivity index (χ0v) is 17.4. The Morgan fingerprint density at radius 1 is 1.07 bits per heavy atom. The van der Waals surface area contributed by atoms with Gasteiger partial charge in [-0.3, -0.25) is 14.4 Å². The second-order valence-electron chi connectivity index (χ2n) is 7.81. The molecule has 2 heterocycles. The highest BCUT2D eigenvalue weighted by atomic mass is 32.1. The fourth-order valence-corrected chi connectivity index (χ4v) is 5.17. The van der Waals surface area contributed by atoms with E-state index in [1.54, 1.807) is 6.07 Å². The molecule has 0 saturated heterocycles. The van der Waals surface area contributed by atoms with E-state index in [0.29, 0.717) is 24.3 Å². The average molecular weight is 412 g/mol. The van der Waals surface area contributed by atoms with E-state index in [0.717, 1.165) is 29.8 Å². The zero-order chi connectivity index (χ0) is 20.4. The predicted molar refractivity (Wildman–Crippen MR) is 112 cm³/mol. The smallest absolute Gasteiger partial charge is 0.310 e. The number of thiophene rings is 1. The minimum atomic E-state index is -0.470. The molecular formula is C23H25NO4S. The average Bonchev–Trinajstić information content (AvgIpc) is 3.37. The summed E-state index contributed by atoms with van der Waals surface area (Å²) in [5.41, 5.74) is 2.13. The number of fused-ring (bicyclic) bond motifs is 1. The van der Waals surface area contributed by atoms with E-state index in [4.69, 9.17) is 4.74 Å². The van der Waals surface area contributed by atoms with Gasteiger partial charge >= 0.3 is 5.97 Å². The van der Waals surface area contributed by atoms with E-state index in [2.05, 4.69) is 0 Å². The van der Waals surface area contributed by atoms with Gasteiger partial charge in [0.15, 0.2) is 6.61 Å². The van der Waals surface area contributed by atoms with Gasteiger partial charge in [0.2, 0.25) is 11.7 Å². The molecule has 1 amide bonds. The van der Waals surface area contributed by atoms with Crippen LogP contribution in [-0.4, -0.2) is 30.8 Å². The van der Waals surface area contributed by atoms with Crippen LogP contribution in [0.1, 0.15) is 45.8 Å². The molecule has 29 heavy (non-hydrogen) atoms. The van der Waals surface area contributed by atoms with Crippen LogP contribution in [0, 0.1) is 18.8 Å². The van der Waals surface area contributed by atoms with Crippen LogP contribution in [0.2, 0.25) is 0 Å². The molecule has 2 aliphatic rings. The lowest BCUT2D eigenvalue weighted by molar-refractivity contribution is -0.153. The molecule has 5 nitrogen and oxygen atoms in total. The van der Waals surface area contributed by atoms with Crippen LogP contribution >= 0.6 is 11.3 Å². The zero-order valence-electron chi connectivity index (χ0n) is 16.6. The summed E-state index contributed by atoms with van der Waals surface area (Å²) in [5, 5.41) is 0. The number of benzene rings is 1. The first-order chi connectivity index (χ1) is 14.0. The molecule has 6 heteroatoms. The normalized spacial score (nSPS) is 20.9. The fourth-order valence-electron chi connectivity index (χ4n) is 4.38. The number of carbonyl (C=O) groups is 3. The van der Waals surface area contributed by atoms with Crippen LogP contribution in [0.4, 0.5) is 5.69 Å². The second-order valence-corrected chi connectivity index (χ2v) is 9.10. The van der Waals surface area contributed by atoms with Gasteiger partial charge in [0.25, 0.3) is 0 Å². The van der Waals surface area contributed by atoms with Gasteiger partial charge in [-0.2, -0.15) is 0 Å². The second kappa shape index (κ2) is 8.49. The molecule has 152 valence electrons. The third kappa shape index (κ3) is 4.13. The van der Waals surface area contributed by atoms with Gasteiger partial charge in [-0.05, 0) is 49.9 Å². The number of hydrogen-bond donors (Lipinski definition) is 0. The molecule has 2 unspecified atom stereocenters. The molecule has 1 aromatic heterocycles. The molecule has 0 spiro atoms. The van der Waals surface area contributed by atoms with Crippen molar-refractivity contribution in [3.05, 3.63) is 51.7 Å². The minimum absolute atomic E-state index is 0.0109. The number of ether oxygens (including phenoxy) is 1. The number of amides is 1. The lowest BCUT2D eigenvalue weighted by Gasteiger charge is -2.32. The molecule has 1 aliphatic carbocycles. The van der Waals surface area contributed by atoms with Crippen LogP contribution in [0.15, 0.2) is 36.4 Å². The van der Waals surface area contributed by atoms with Crippen molar-refractivity contribution >= 4 is 34.7 Å². The maximum atomic E-state index is 13.3. The van der Waals surface area contributed by atoms with E-state index < -0.39 is 11.9 Å². The number of Topliss-reactive ketones (excluding diaryl/α,β-unsaturated/α-hetero) is 1. The van der Waals surface area contributed by atoms with Crippen molar-refractivity contribution in [1.29, 1.82) is 0 Å². The lowest BCUT2D eigenvalue weighted by Crippen LogP contribution is -2.42. The summed E-state index contributed by atoms with van der Waals surface area (Å²) in [6.45, 7) is 2.33. The van der Waals surface area contributed by atoms with Crippen LogP contribution < -0.4 is 4.90 Å². The quantitative estimate of drug-likeness (QED) is 0.547. The summed E-state index contributed by atoms with van der Waals surface area (Å²) in [6.07, 6.45) is 4.01. The van der Waals surface area contributed by atoms with E-state index in [-0.39, 0.29) is 24.2 Å². The summed E-state index contributed by atoms with van der Waals surface area (Å²) >= 11 is 1.40. The Balaban J connectivity index is 1.42. The fraction of sp³-hybridized carbons (Fsp3) is 0.435. The molecule has 0 N–H and O–H groups in total. The van der Waals surface area contributed by atoms with Gasteiger partial charge in [0.1, 0.15) is 0 Å². The molecule has 2 atom stereocenters. The van der Waals surface area contributed by atoms with Gasteiger partial charge in [0.05, 0.1) is 16.7 Å². The van der Waals surface area contributed by atoms with E-state index in [1.165, 1.54) is 16.9 Å². The number of carbonyl (C=O) groups excluding carboxylic acids is 3. The van der Waals surface area contributed by atoms with E-state index in [1.807, 2.05) is 42.2 Å². The number of aryl methyl sites for hydroxylation is 1. The Kier molecular flexibility index (Phi) is 5.81. The standard InChI is InChI=1S/C23H25NO4S/c1-15-10-11-21(29-15)20(25)14-28-23(27)18-8-4-3-7-17(18)22(26)24-13-12-16-6-2-5-9-19(16)24/h2,5-6,9-11,17-18H,3-4,7-8,12-14H2,1H3. The number of para-hydroxylation sites is 1. The highest BCUT2D eigenvalue weighted by molar-refractivity contribution is 7.14. The van der Waals surface area contributed by atoms with Crippen LogP contribution in [0.3, 0.4) is 0 Å². The molecule has 4 rings (SSSR count). The summed E-state index contributed by atoms with van der Waals surface area (Å²) in [7, 11) is 0. The van der Waals surface area contributed by atoms with Crippen molar-refractivity contribution < 1.29 is 19.1 Å². The highest BCUT2D eigenvalue weighted by Crippen LogP contribution is 2.36. The lowest BCUT2D eigenvalue weighted by atomic mass is 9.78. The van der Waals surface area contributed by atoms with E-state index >= 15 is 0 Å². The van der Waals surface area contributed by atoms with Crippen molar-refractivity contribution in [1.82, 2.24) is 0 Å². The number of ketones is 1. The first-order valence-electron chi connectivity index (χ1n) is 10.2. The summed E-state index contributed by atoms with van der Waals surface area (Å²) in [5.74, 6) is -1.44. The maximum Gasteiger partial charge on any atom is 0.310 e. The minimum Gasteiger partial charge on any atom is -0.457 e. The van der Waals surface area contributed by atoms with Crippen molar-refractivity contribution in [2.24, 2.45) is 11.8 Å². The molecule has 1 saturated carbocycles. The third-order valence-corrected chi connectivity index (χ3v) is 6.94. The molecule has 2 aromatic rings. The van der Waals surface area contributed by atoms with Crippen molar-refractivity contribution in [3.8, 4) is 0 Å². The molecule has 1 aliphatic heterocycles. The van der Waals surface area contributed by atoms with Crippen molar-refractivity contribution in [2.75, 3.05) is 18.1 Å². The van der Waals surface area contributed by atoms with Crippen LogP contribution in [0.5, 0.6) is 0 Å². The number of nitrogens with zero attached hydrogens (tertiary/aromatic N) is 1. The van der Waals surface area contributed by atoms with E-state index in [9.17, 15) is 14.4 Å². The maximum absolute atomic E-state index is 13.3. The molecule has 1 fully saturated rings. The summed E-state index contributed by atoms with van der Waals surface area (Å²) in [6, 6.07) is 11.6. The molecule has 0 bridgehead atoms.